The number of fused-ring (bicyclic) bond motifs is 2. The maximum atomic E-state index is 12.8. The molecule has 1 unspecified atom stereocenters. The standard InChI is InChI=1S/C21H28N4O2/c1-4-16-14(2)23-24(3)19(16)22-20(27)25-11-9-21(10-12-25)17-8-6-5-7-15(17)13-18(21)26/h5-8,18,26H,4,9-13H2,1-3H3,(H,22,27). The van der Waals surface area contributed by atoms with Crippen LogP contribution >= 0.6 is 0 Å². The summed E-state index contributed by atoms with van der Waals surface area (Å²) in [5, 5.41) is 18.2. The highest BCUT2D eigenvalue weighted by Crippen LogP contribution is 2.46. The molecule has 1 atom stereocenters. The highest BCUT2D eigenvalue weighted by atomic mass is 16.3. The maximum absolute atomic E-state index is 12.8. The van der Waals surface area contributed by atoms with Crippen molar-refractivity contribution in [1.82, 2.24) is 14.7 Å². The van der Waals surface area contributed by atoms with Gasteiger partial charge in [0.1, 0.15) is 5.82 Å². The first kappa shape index (κ1) is 18.0. The van der Waals surface area contributed by atoms with E-state index >= 15 is 0 Å². The largest absolute Gasteiger partial charge is 0.392 e. The fourth-order valence-electron chi connectivity index (χ4n) is 4.94. The van der Waals surface area contributed by atoms with Gasteiger partial charge in [0.15, 0.2) is 0 Å². The molecule has 27 heavy (non-hydrogen) atoms. The summed E-state index contributed by atoms with van der Waals surface area (Å²) >= 11 is 0. The fourth-order valence-corrected chi connectivity index (χ4v) is 4.94. The van der Waals surface area contributed by atoms with Crippen molar-refractivity contribution in [2.24, 2.45) is 7.05 Å². The number of urea groups is 1. The molecule has 1 aromatic heterocycles. The van der Waals surface area contributed by atoms with Gasteiger partial charge in [-0.25, -0.2) is 4.79 Å². The molecule has 1 aliphatic carbocycles. The molecule has 0 bridgehead atoms. The molecule has 6 nitrogen and oxygen atoms in total. The lowest BCUT2D eigenvalue weighted by Gasteiger charge is -2.42. The van der Waals surface area contributed by atoms with Gasteiger partial charge in [-0.2, -0.15) is 5.10 Å². The third-order valence-corrected chi connectivity index (χ3v) is 6.47. The Labute approximate surface area is 160 Å². The smallest absolute Gasteiger partial charge is 0.323 e. The number of aliphatic hydroxyl groups excluding tert-OH is 1. The van der Waals surface area contributed by atoms with Gasteiger partial charge in [-0.3, -0.25) is 10.00 Å². The lowest BCUT2D eigenvalue weighted by molar-refractivity contribution is 0.0530. The zero-order valence-electron chi connectivity index (χ0n) is 16.3. The number of hydrogen-bond acceptors (Lipinski definition) is 3. The van der Waals surface area contributed by atoms with Crippen LogP contribution in [-0.2, 0) is 25.3 Å². The second-order valence-corrected chi connectivity index (χ2v) is 7.84. The number of aliphatic hydroxyl groups is 1. The number of carbonyl (C=O) groups excluding carboxylic acids is 1. The lowest BCUT2D eigenvalue weighted by Crippen LogP contribution is -2.50. The zero-order valence-corrected chi connectivity index (χ0v) is 16.3. The topological polar surface area (TPSA) is 70.4 Å². The lowest BCUT2D eigenvalue weighted by atomic mass is 9.72. The van der Waals surface area contributed by atoms with Gasteiger partial charge in [0.05, 0.1) is 11.8 Å². The number of nitrogens with one attached hydrogen (secondary N) is 1. The van der Waals surface area contributed by atoms with Crippen molar-refractivity contribution in [2.45, 2.75) is 51.0 Å². The number of benzene rings is 1. The molecular weight excluding hydrogens is 340 g/mol. The van der Waals surface area contributed by atoms with E-state index in [4.69, 9.17) is 0 Å². The summed E-state index contributed by atoms with van der Waals surface area (Å²) in [5.74, 6) is 0.784. The maximum Gasteiger partial charge on any atom is 0.323 e. The molecule has 2 aromatic rings. The van der Waals surface area contributed by atoms with Gasteiger partial charge in [0.25, 0.3) is 0 Å². The Morgan fingerprint density at radius 3 is 2.74 bits per heavy atom. The van der Waals surface area contributed by atoms with Crippen LogP contribution in [0.5, 0.6) is 0 Å². The summed E-state index contributed by atoms with van der Waals surface area (Å²) in [4.78, 5) is 14.7. The highest BCUT2D eigenvalue weighted by molar-refractivity contribution is 5.89. The Hall–Kier alpha value is -2.34. The minimum atomic E-state index is -0.355. The number of carbonyl (C=O) groups is 1. The van der Waals surface area contributed by atoms with Gasteiger partial charge in [-0.05, 0) is 43.7 Å². The van der Waals surface area contributed by atoms with Crippen LogP contribution in [0.3, 0.4) is 0 Å². The van der Waals surface area contributed by atoms with Gasteiger partial charge in [0, 0.05) is 31.1 Å². The third kappa shape index (κ3) is 2.83. The van der Waals surface area contributed by atoms with Gasteiger partial charge in [0.2, 0.25) is 0 Å². The number of piperidine rings is 1. The van der Waals surface area contributed by atoms with E-state index in [0.29, 0.717) is 13.1 Å². The number of aryl methyl sites for hydroxylation is 2. The molecule has 144 valence electrons. The molecule has 2 heterocycles. The summed E-state index contributed by atoms with van der Waals surface area (Å²) in [7, 11) is 1.86. The summed E-state index contributed by atoms with van der Waals surface area (Å²) in [6.45, 7) is 5.34. The van der Waals surface area contributed by atoms with Crippen LogP contribution in [0.4, 0.5) is 10.6 Å². The van der Waals surface area contributed by atoms with Gasteiger partial charge in [-0.1, -0.05) is 31.2 Å². The van der Waals surface area contributed by atoms with Crippen LogP contribution < -0.4 is 5.32 Å². The monoisotopic (exact) mass is 368 g/mol. The van der Waals surface area contributed by atoms with Crippen molar-refractivity contribution in [2.75, 3.05) is 18.4 Å². The summed E-state index contributed by atoms with van der Waals surface area (Å²) in [6.07, 6.45) is 2.79. The first-order valence-corrected chi connectivity index (χ1v) is 9.81. The number of nitrogens with zero attached hydrogens (tertiary/aromatic N) is 3. The summed E-state index contributed by atoms with van der Waals surface area (Å²) in [6, 6.07) is 8.27. The highest BCUT2D eigenvalue weighted by Gasteiger charge is 2.48. The molecule has 1 spiro atoms. The van der Waals surface area contributed by atoms with Crippen LogP contribution in [-0.4, -0.2) is 45.0 Å². The molecule has 2 amide bonds. The molecule has 1 aromatic carbocycles. The first-order valence-electron chi connectivity index (χ1n) is 9.81. The quantitative estimate of drug-likeness (QED) is 0.856. The Morgan fingerprint density at radius 1 is 1.33 bits per heavy atom. The van der Waals surface area contributed by atoms with Gasteiger partial charge < -0.3 is 10.0 Å². The van der Waals surface area contributed by atoms with E-state index in [1.54, 1.807) is 4.68 Å². The van der Waals surface area contributed by atoms with E-state index in [9.17, 15) is 9.90 Å². The SMILES string of the molecule is CCc1c(C)nn(C)c1NC(=O)N1CCC2(CC1)c1ccccc1CC2O. The molecule has 1 saturated heterocycles. The molecule has 1 aliphatic heterocycles. The molecule has 1 fully saturated rings. The van der Waals surface area contributed by atoms with Crippen molar-refractivity contribution in [1.29, 1.82) is 0 Å². The number of anilines is 1. The Balaban J connectivity index is 1.48. The Kier molecular flexibility index (Phi) is 4.46. The van der Waals surface area contributed by atoms with Crippen LogP contribution in [0, 0.1) is 6.92 Å². The van der Waals surface area contributed by atoms with Crippen molar-refractivity contribution >= 4 is 11.8 Å². The van der Waals surface area contributed by atoms with Crippen molar-refractivity contribution in [3.05, 3.63) is 46.6 Å². The first-order chi connectivity index (χ1) is 13.0. The third-order valence-electron chi connectivity index (χ3n) is 6.47. The summed E-state index contributed by atoms with van der Waals surface area (Å²) < 4.78 is 1.74. The van der Waals surface area contributed by atoms with E-state index in [2.05, 4.69) is 35.5 Å². The second kappa shape index (κ2) is 6.68. The van der Waals surface area contributed by atoms with Crippen molar-refractivity contribution in [3.8, 4) is 0 Å². The molecular formula is C21H28N4O2. The second-order valence-electron chi connectivity index (χ2n) is 7.84. The van der Waals surface area contributed by atoms with Crippen molar-refractivity contribution in [3.63, 3.8) is 0 Å². The molecule has 0 radical (unpaired) electrons. The predicted octanol–water partition coefficient (Wildman–Crippen LogP) is 2.77. The van der Waals surface area contributed by atoms with Gasteiger partial charge in [-0.15, -0.1) is 0 Å². The van der Waals surface area contributed by atoms with Crippen LogP contribution in [0.1, 0.15) is 42.1 Å². The van der Waals surface area contributed by atoms with Crippen molar-refractivity contribution < 1.29 is 9.90 Å². The van der Waals surface area contributed by atoms with E-state index in [1.165, 1.54) is 11.1 Å². The van der Waals surface area contributed by atoms with E-state index < -0.39 is 0 Å². The molecule has 2 aliphatic rings. The van der Waals surface area contributed by atoms with E-state index in [-0.39, 0.29) is 17.6 Å². The average Bonchev–Trinajstić information content (AvgIpc) is 3.09. The van der Waals surface area contributed by atoms with Crippen LogP contribution in [0.25, 0.3) is 0 Å². The van der Waals surface area contributed by atoms with Gasteiger partial charge >= 0.3 is 6.03 Å². The number of likely N-dealkylation sites (tertiary alicyclic amines) is 1. The molecule has 6 heteroatoms. The number of amides is 2. The molecule has 2 N–H and O–H groups in total. The molecule has 0 saturated carbocycles. The Morgan fingerprint density at radius 2 is 2.04 bits per heavy atom. The van der Waals surface area contributed by atoms with Crippen LogP contribution in [0.2, 0.25) is 0 Å². The van der Waals surface area contributed by atoms with E-state index in [1.807, 2.05) is 24.9 Å². The fraction of sp³-hybridized carbons (Fsp3) is 0.524. The molecule has 4 rings (SSSR count). The minimum Gasteiger partial charge on any atom is -0.392 e. The number of aromatic nitrogens is 2. The van der Waals surface area contributed by atoms with E-state index in [0.717, 1.165) is 42.8 Å². The normalized spacial score (nSPS) is 20.7. The summed E-state index contributed by atoms with van der Waals surface area (Å²) in [5.41, 5.74) is 4.36. The Bertz CT molecular complexity index is 865. The predicted molar refractivity (Wildman–Crippen MR) is 105 cm³/mol. The number of hydrogen-bond donors (Lipinski definition) is 2. The minimum absolute atomic E-state index is 0.0803. The average molecular weight is 368 g/mol. The van der Waals surface area contributed by atoms with Crippen LogP contribution in [0.15, 0.2) is 24.3 Å². The zero-order chi connectivity index (χ0) is 19.2. The number of rotatable bonds is 2.